The molecule has 1 aliphatic heterocycles. The maximum atomic E-state index is 11.8. The average Bonchev–Trinajstić information content (AvgIpc) is 3.17. The quantitative estimate of drug-likeness (QED) is 0.393. The topological polar surface area (TPSA) is 160 Å². The Hall–Kier alpha value is -1.63. The summed E-state index contributed by atoms with van der Waals surface area (Å²) < 4.78 is 7.59. The Kier molecular flexibility index (Phi) is 5.52. The second kappa shape index (κ2) is 7.25. The molecule has 0 bridgehead atoms. The molecule has 3 heterocycles. The molecule has 11 heteroatoms. The second-order valence-corrected chi connectivity index (χ2v) is 12.4. The first-order valence-electron chi connectivity index (χ1n) is 9.70. The molecule has 6 N–H and O–H groups in total. The number of hydrogen-bond donors (Lipinski definition) is 5. The zero-order valence-electron chi connectivity index (χ0n) is 17.4. The monoisotopic (exact) mass is 425 g/mol. The van der Waals surface area contributed by atoms with Crippen molar-refractivity contribution in [3.8, 4) is 0 Å². The Morgan fingerprint density at radius 2 is 1.90 bits per heavy atom. The van der Waals surface area contributed by atoms with Crippen molar-refractivity contribution in [3.05, 3.63) is 12.7 Å². The summed E-state index contributed by atoms with van der Waals surface area (Å²) >= 11 is 0. The molecule has 3 rings (SSSR count). The lowest BCUT2D eigenvalue weighted by molar-refractivity contribution is -0.183. The molecule has 0 spiro atoms. The molecule has 0 saturated carbocycles. The molecule has 1 aliphatic rings. The highest BCUT2D eigenvalue weighted by atomic mass is 28.3. The fourth-order valence-corrected chi connectivity index (χ4v) is 6.73. The lowest BCUT2D eigenvalue weighted by Gasteiger charge is -2.49. The highest BCUT2D eigenvalue weighted by Crippen LogP contribution is 2.48. The van der Waals surface area contributed by atoms with E-state index < -0.39 is 50.1 Å². The van der Waals surface area contributed by atoms with Crippen LogP contribution in [0.2, 0.25) is 13.1 Å². The van der Waals surface area contributed by atoms with Gasteiger partial charge in [0.1, 0.15) is 30.2 Å². The summed E-state index contributed by atoms with van der Waals surface area (Å²) in [5, 5.41) is 42.0. The summed E-state index contributed by atoms with van der Waals surface area (Å²) in [5.74, 6) is 0.167. The zero-order chi connectivity index (χ0) is 21.8. The third-order valence-electron chi connectivity index (χ3n) is 6.25. The molecule has 1 unspecified atom stereocenters. The van der Waals surface area contributed by atoms with Gasteiger partial charge in [-0.1, -0.05) is 33.9 Å². The van der Waals surface area contributed by atoms with Gasteiger partial charge >= 0.3 is 0 Å². The maximum absolute atomic E-state index is 11.8. The molecule has 0 amide bonds. The van der Waals surface area contributed by atoms with Crippen LogP contribution in [0.3, 0.4) is 0 Å². The van der Waals surface area contributed by atoms with Gasteiger partial charge in [0.15, 0.2) is 17.2 Å². The Morgan fingerprint density at radius 1 is 1.24 bits per heavy atom. The number of nitrogen functional groups attached to an aromatic ring is 1. The summed E-state index contributed by atoms with van der Waals surface area (Å²) in [6.07, 6.45) is -1.14. The fraction of sp³-hybridized carbons (Fsp3) is 0.722. The first kappa shape index (κ1) is 22.1. The number of aliphatic hydroxyl groups excluding tert-OH is 3. The van der Waals surface area contributed by atoms with Crippen molar-refractivity contribution in [1.82, 2.24) is 19.5 Å². The van der Waals surface area contributed by atoms with Gasteiger partial charge in [-0.2, -0.15) is 0 Å². The number of nitrogens with two attached hydrogens (primary N) is 1. The maximum Gasteiger partial charge on any atom is 0.179 e. The summed E-state index contributed by atoms with van der Waals surface area (Å²) in [6, 6.07) is 0. The van der Waals surface area contributed by atoms with Gasteiger partial charge in [0.25, 0.3) is 0 Å². The van der Waals surface area contributed by atoms with E-state index >= 15 is 0 Å². The van der Waals surface area contributed by atoms with Crippen LogP contribution in [0.25, 0.3) is 11.2 Å². The first-order chi connectivity index (χ1) is 13.4. The minimum absolute atomic E-state index is 0.0164. The van der Waals surface area contributed by atoms with Crippen LogP contribution in [0, 0.1) is 5.41 Å². The Labute approximate surface area is 171 Å². The summed E-state index contributed by atoms with van der Waals surface area (Å²) in [5.41, 5.74) is 4.42. The largest absolute Gasteiger partial charge is 0.394 e. The standard InChI is InChI=1S/C18H31N5O5Si/c1-16(2,3)18(27,29(4)5)7-17(13(26)12(25)10(6-24)28-17)23-9-22-11-14(19)20-8-21-15(11)23/h8-10,12-13,24-27,29H,6-7H2,1-5H3,(H2,19,20,21)/t10-,12-,13-,17-,18?/m1/s1. The van der Waals surface area contributed by atoms with Crippen molar-refractivity contribution in [2.24, 2.45) is 5.41 Å². The van der Waals surface area contributed by atoms with Gasteiger partial charge in [0.2, 0.25) is 0 Å². The number of aromatic nitrogens is 4. The van der Waals surface area contributed by atoms with Crippen LogP contribution in [-0.4, -0.2) is 78.9 Å². The van der Waals surface area contributed by atoms with Crippen LogP contribution in [0.1, 0.15) is 27.2 Å². The fourth-order valence-electron chi connectivity index (χ4n) is 4.30. The molecule has 0 aromatic carbocycles. The number of imidazole rings is 1. The zero-order valence-corrected chi connectivity index (χ0v) is 18.6. The lowest BCUT2D eigenvalue weighted by Crippen LogP contribution is -2.60. The predicted octanol–water partition coefficient (Wildman–Crippen LogP) is -0.633. The number of ether oxygens (including phenoxy) is 1. The molecule has 1 fully saturated rings. The predicted molar refractivity (Wildman–Crippen MR) is 110 cm³/mol. The summed E-state index contributed by atoms with van der Waals surface area (Å²) in [4.78, 5) is 12.4. The number of fused-ring (bicyclic) bond motifs is 1. The molecule has 0 radical (unpaired) electrons. The lowest BCUT2D eigenvalue weighted by atomic mass is 9.81. The Balaban J connectivity index is 2.25. The first-order valence-corrected chi connectivity index (χ1v) is 12.6. The third-order valence-corrected chi connectivity index (χ3v) is 9.23. The Bertz CT molecular complexity index is 887. The van der Waals surface area contributed by atoms with Gasteiger partial charge in [-0.25, -0.2) is 15.0 Å². The van der Waals surface area contributed by atoms with Gasteiger partial charge in [-0.05, 0) is 5.41 Å². The number of nitrogens with zero attached hydrogens (tertiary/aromatic N) is 4. The highest BCUT2D eigenvalue weighted by molar-refractivity contribution is 6.59. The molecule has 29 heavy (non-hydrogen) atoms. The minimum Gasteiger partial charge on any atom is -0.394 e. The van der Waals surface area contributed by atoms with Crippen LogP contribution in [0.5, 0.6) is 0 Å². The van der Waals surface area contributed by atoms with Crippen LogP contribution >= 0.6 is 0 Å². The average molecular weight is 426 g/mol. The van der Waals surface area contributed by atoms with E-state index in [1.54, 1.807) is 0 Å². The smallest absolute Gasteiger partial charge is 0.179 e. The highest BCUT2D eigenvalue weighted by Gasteiger charge is 2.61. The van der Waals surface area contributed by atoms with Crippen LogP contribution in [0.4, 0.5) is 5.82 Å². The third kappa shape index (κ3) is 3.25. The van der Waals surface area contributed by atoms with E-state index in [-0.39, 0.29) is 12.2 Å². The van der Waals surface area contributed by atoms with E-state index in [9.17, 15) is 20.4 Å². The molecule has 10 nitrogen and oxygen atoms in total. The van der Waals surface area contributed by atoms with Crippen molar-refractivity contribution in [2.75, 3.05) is 12.3 Å². The molecule has 5 atom stereocenters. The summed E-state index contributed by atoms with van der Waals surface area (Å²) in [7, 11) is -1.75. The van der Waals surface area contributed by atoms with E-state index in [4.69, 9.17) is 10.5 Å². The molecular weight excluding hydrogens is 394 g/mol. The molecular formula is C18H31N5O5Si. The van der Waals surface area contributed by atoms with Gasteiger partial charge in [0.05, 0.1) is 27.0 Å². The van der Waals surface area contributed by atoms with Gasteiger partial charge in [-0.15, -0.1) is 0 Å². The Morgan fingerprint density at radius 3 is 2.41 bits per heavy atom. The second-order valence-electron chi connectivity index (χ2n) is 9.17. The van der Waals surface area contributed by atoms with Gasteiger partial charge in [0, 0.05) is 6.42 Å². The van der Waals surface area contributed by atoms with Gasteiger partial charge in [-0.3, -0.25) is 4.57 Å². The number of rotatable bonds is 5. The number of anilines is 1. The molecule has 1 saturated heterocycles. The van der Waals surface area contributed by atoms with Crippen molar-refractivity contribution in [3.63, 3.8) is 0 Å². The molecule has 2 aromatic heterocycles. The minimum atomic E-state index is -1.75. The van der Waals surface area contributed by atoms with Gasteiger partial charge < -0.3 is 30.9 Å². The summed E-state index contributed by atoms with van der Waals surface area (Å²) in [6.45, 7) is 9.35. The van der Waals surface area contributed by atoms with Crippen molar-refractivity contribution in [1.29, 1.82) is 0 Å². The SMILES string of the molecule is C[SiH](C)C(O)(C[C@@]1(n2cnc3c(N)ncnc32)O[C@H](CO)[C@@H](O)[C@H]1O)C(C)(C)C. The van der Waals surface area contributed by atoms with E-state index in [1.807, 2.05) is 33.9 Å². The van der Waals surface area contributed by atoms with E-state index in [2.05, 4.69) is 15.0 Å². The van der Waals surface area contributed by atoms with Crippen molar-refractivity contribution < 1.29 is 25.2 Å². The van der Waals surface area contributed by atoms with Crippen LogP contribution < -0.4 is 5.73 Å². The normalized spacial score (nSPS) is 30.2. The molecule has 0 aliphatic carbocycles. The molecule has 162 valence electrons. The van der Waals surface area contributed by atoms with E-state index in [0.29, 0.717) is 11.2 Å². The number of aliphatic hydroxyl groups is 4. The van der Waals surface area contributed by atoms with E-state index in [0.717, 1.165) is 0 Å². The van der Waals surface area contributed by atoms with E-state index in [1.165, 1.54) is 17.2 Å². The van der Waals surface area contributed by atoms with Crippen molar-refractivity contribution >= 4 is 25.8 Å². The molecule has 2 aromatic rings. The van der Waals surface area contributed by atoms with Crippen LogP contribution in [0.15, 0.2) is 12.7 Å². The van der Waals surface area contributed by atoms with Crippen LogP contribution in [-0.2, 0) is 10.5 Å². The van der Waals surface area contributed by atoms with Crippen molar-refractivity contribution in [2.45, 2.75) is 69.5 Å². The number of hydrogen-bond acceptors (Lipinski definition) is 9.